The highest BCUT2D eigenvalue weighted by Crippen LogP contribution is 2.32. The molecule has 0 aliphatic rings. The third kappa shape index (κ3) is 5.00. The maximum absolute atomic E-state index is 12.9. The Hall–Kier alpha value is -3.20. The third-order valence-corrected chi connectivity index (χ3v) is 4.90. The van der Waals surface area contributed by atoms with E-state index in [2.05, 4.69) is 15.3 Å². The molecule has 0 saturated carbocycles. The number of aromatic nitrogens is 2. The fraction of sp³-hybridized carbons (Fsp3) is 0.294. The van der Waals surface area contributed by atoms with Gasteiger partial charge >= 0.3 is 6.18 Å². The van der Waals surface area contributed by atoms with Gasteiger partial charge < -0.3 is 16.0 Å². The molecule has 1 aromatic carbocycles. The SMILES string of the molecule is C[C@@H](C(=O)Nc1nc(N)nc(S(C)=O)c1C#N)N(C)c1cccc(C(F)(F)F)c1. The van der Waals surface area contributed by atoms with Crippen LogP contribution in [0.2, 0.25) is 0 Å². The normalized spacial score (nSPS) is 13.3. The predicted octanol–water partition coefficient (Wildman–Crippen LogP) is 2.15. The molecule has 2 aromatic rings. The Morgan fingerprint density at radius 2 is 2.03 bits per heavy atom. The van der Waals surface area contributed by atoms with Crippen molar-refractivity contribution in [2.24, 2.45) is 0 Å². The molecule has 0 spiro atoms. The zero-order valence-corrected chi connectivity index (χ0v) is 16.4. The Kier molecular flexibility index (Phi) is 6.43. The molecule has 12 heteroatoms. The van der Waals surface area contributed by atoms with Gasteiger partial charge in [-0.25, -0.2) is 4.98 Å². The monoisotopic (exact) mass is 426 g/mol. The molecule has 2 atom stereocenters. The predicted molar refractivity (Wildman–Crippen MR) is 101 cm³/mol. The fourth-order valence-electron chi connectivity index (χ4n) is 2.38. The van der Waals surface area contributed by atoms with E-state index in [-0.39, 0.29) is 28.0 Å². The van der Waals surface area contributed by atoms with E-state index < -0.39 is 34.5 Å². The number of amides is 1. The molecule has 1 aromatic heterocycles. The van der Waals surface area contributed by atoms with Crippen molar-refractivity contribution in [3.8, 4) is 6.07 Å². The number of rotatable bonds is 5. The number of nitriles is 1. The van der Waals surface area contributed by atoms with Crippen LogP contribution < -0.4 is 16.0 Å². The number of alkyl halides is 3. The molecule has 29 heavy (non-hydrogen) atoms. The number of carbonyl (C=O) groups excluding carboxylic acids is 1. The Bertz CT molecular complexity index is 1010. The van der Waals surface area contributed by atoms with Gasteiger partial charge in [-0.05, 0) is 25.1 Å². The molecule has 1 amide bonds. The Morgan fingerprint density at radius 1 is 1.38 bits per heavy atom. The van der Waals surface area contributed by atoms with Crippen molar-refractivity contribution in [2.45, 2.75) is 24.2 Å². The van der Waals surface area contributed by atoms with Crippen molar-refractivity contribution in [1.29, 1.82) is 5.26 Å². The van der Waals surface area contributed by atoms with Crippen molar-refractivity contribution >= 4 is 34.2 Å². The van der Waals surface area contributed by atoms with E-state index >= 15 is 0 Å². The van der Waals surface area contributed by atoms with Gasteiger partial charge in [0.1, 0.15) is 17.7 Å². The third-order valence-electron chi connectivity index (χ3n) is 4.06. The van der Waals surface area contributed by atoms with Crippen LogP contribution in [-0.2, 0) is 21.8 Å². The zero-order chi connectivity index (χ0) is 21.9. The van der Waals surface area contributed by atoms with Crippen molar-refractivity contribution in [3.63, 3.8) is 0 Å². The minimum absolute atomic E-state index is 0.130. The first kappa shape index (κ1) is 22.1. The molecule has 0 bridgehead atoms. The topological polar surface area (TPSA) is 125 Å². The second-order valence-corrected chi connectivity index (χ2v) is 7.30. The fourth-order valence-corrected chi connectivity index (χ4v) is 3.03. The van der Waals surface area contributed by atoms with Crippen LogP contribution >= 0.6 is 0 Å². The summed E-state index contributed by atoms with van der Waals surface area (Å²) in [5, 5.41) is 11.6. The van der Waals surface area contributed by atoms with Gasteiger partial charge in [-0.3, -0.25) is 9.00 Å². The highest BCUT2D eigenvalue weighted by atomic mass is 32.2. The molecule has 0 aliphatic heterocycles. The van der Waals surface area contributed by atoms with Crippen LogP contribution in [0.5, 0.6) is 0 Å². The van der Waals surface area contributed by atoms with E-state index in [4.69, 9.17) is 5.73 Å². The van der Waals surface area contributed by atoms with E-state index in [1.807, 2.05) is 0 Å². The summed E-state index contributed by atoms with van der Waals surface area (Å²) >= 11 is 0. The molecular formula is C17H17F3N6O2S. The van der Waals surface area contributed by atoms with Crippen LogP contribution in [0.4, 0.5) is 30.6 Å². The van der Waals surface area contributed by atoms with Crippen molar-refractivity contribution in [2.75, 3.05) is 29.3 Å². The number of hydrogen-bond acceptors (Lipinski definition) is 7. The van der Waals surface area contributed by atoms with Crippen LogP contribution in [0.15, 0.2) is 29.3 Å². The van der Waals surface area contributed by atoms with Gasteiger partial charge in [0.25, 0.3) is 0 Å². The molecule has 154 valence electrons. The quantitative estimate of drug-likeness (QED) is 0.702. The first-order valence-electron chi connectivity index (χ1n) is 8.07. The first-order chi connectivity index (χ1) is 13.5. The number of anilines is 3. The van der Waals surface area contributed by atoms with E-state index in [1.165, 1.54) is 37.3 Å². The molecule has 0 saturated heterocycles. The lowest BCUT2D eigenvalue weighted by molar-refractivity contribution is -0.137. The summed E-state index contributed by atoms with van der Waals surface area (Å²) in [5.41, 5.74) is 4.66. The first-order valence-corrected chi connectivity index (χ1v) is 9.63. The van der Waals surface area contributed by atoms with Crippen LogP contribution in [0.25, 0.3) is 0 Å². The lowest BCUT2D eigenvalue weighted by Gasteiger charge is -2.26. The number of carbonyl (C=O) groups is 1. The minimum Gasteiger partial charge on any atom is -0.368 e. The highest BCUT2D eigenvalue weighted by Gasteiger charge is 2.31. The minimum atomic E-state index is -4.52. The van der Waals surface area contributed by atoms with E-state index in [0.29, 0.717) is 0 Å². The van der Waals surface area contributed by atoms with Gasteiger partial charge in [-0.2, -0.15) is 23.4 Å². The number of nitrogens with one attached hydrogen (secondary N) is 1. The van der Waals surface area contributed by atoms with Crippen LogP contribution in [0.1, 0.15) is 18.1 Å². The van der Waals surface area contributed by atoms with Crippen LogP contribution in [-0.4, -0.2) is 39.4 Å². The second kappa shape index (κ2) is 8.44. The molecular weight excluding hydrogens is 409 g/mol. The number of nitrogens with two attached hydrogens (primary N) is 1. The summed E-state index contributed by atoms with van der Waals surface area (Å²) < 4.78 is 50.5. The number of halogens is 3. The largest absolute Gasteiger partial charge is 0.416 e. The van der Waals surface area contributed by atoms with Crippen molar-refractivity contribution in [3.05, 3.63) is 35.4 Å². The van der Waals surface area contributed by atoms with Crippen LogP contribution in [0.3, 0.4) is 0 Å². The number of likely N-dealkylation sites (N-methyl/N-ethyl adjacent to an activating group) is 1. The Balaban J connectivity index is 2.30. The second-order valence-electron chi connectivity index (χ2n) is 6.00. The summed E-state index contributed by atoms with van der Waals surface area (Å²) in [6, 6.07) is 5.36. The summed E-state index contributed by atoms with van der Waals surface area (Å²) in [7, 11) is -0.208. The lowest BCUT2D eigenvalue weighted by Crippen LogP contribution is -2.40. The van der Waals surface area contributed by atoms with Gasteiger partial charge in [0.15, 0.2) is 10.8 Å². The smallest absolute Gasteiger partial charge is 0.368 e. The average Bonchev–Trinajstić information content (AvgIpc) is 2.65. The summed E-state index contributed by atoms with van der Waals surface area (Å²) in [6.07, 6.45) is -3.23. The van der Waals surface area contributed by atoms with E-state index in [1.54, 1.807) is 6.07 Å². The summed E-state index contributed by atoms with van der Waals surface area (Å²) in [5.74, 6) is -1.17. The van der Waals surface area contributed by atoms with Gasteiger partial charge in [0.05, 0.1) is 16.4 Å². The highest BCUT2D eigenvalue weighted by molar-refractivity contribution is 7.84. The molecule has 1 unspecified atom stereocenters. The zero-order valence-electron chi connectivity index (χ0n) is 15.6. The van der Waals surface area contributed by atoms with Gasteiger partial charge in [-0.15, -0.1) is 0 Å². The lowest BCUT2D eigenvalue weighted by atomic mass is 10.1. The Labute approximate surface area is 167 Å². The van der Waals surface area contributed by atoms with Crippen LogP contribution in [0, 0.1) is 11.3 Å². The van der Waals surface area contributed by atoms with Gasteiger partial charge in [-0.1, -0.05) is 6.07 Å². The number of benzene rings is 1. The Morgan fingerprint density at radius 3 is 2.59 bits per heavy atom. The van der Waals surface area contributed by atoms with Crippen molar-refractivity contribution in [1.82, 2.24) is 9.97 Å². The summed E-state index contributed by atoms with van der Waals surface area (Å²) in [6.45, 7) is 1.46. The molecule has 0 fully saturated rings. The van der Waals surface area contributed by atoms with Gasteiger partial charge in [0.2, 0.25) is 11.9 Å². The van der Waals surface area contributed by atoms with Gasteiger partial charge in [0, 0.05) is 19.0 Å². The maximum Gasteiger partial charge on any atom is 0.416 e. The molecule has 1 heterocycles. The number of nitrogen functional groups attached to an aromatic ring is 1. The molecule has 2 rings (SSSR count). The number of nitrogens with zero attached hydrogens (tertiary/aromatic N) is 4. The summed E-state index contributed by atoms with van der Waals surface area (Å²) in [4.78, 5) is 21.5. The average molecular weight is 426 g/mol. The standard InChI is InChI=1S/C17H17F3N6O2S/c1-9(26(2)11-6-4-5-10(7-11)17(18,19)20)14(27)23-13-12(8-21)15(29(3)28)25-16(22)24-13/h4-7,9H,1-3H3,(H3,22,23,24,25,27)/t9-,29?/m0/s1. The van der Waals surface area contributed by atoms with Crippen molar-refractivity contribution < 1.29 is 22.2 Å². The number of hydrogen-bond donors (Lipinski definition) is 2. The van der Waals surface area contributed by atoms with E-state index in [9.17, 15) is 27.4 Å². The maximum atomic E-state index is 12.9. The molecule has 8 nitrogen and oxygen atoms in total. The molecule has 0 aliphatic carbocycles. The molecule has 3 N–H and O–H groups in total. The molecule has 0 radical (unpaired) electrons. The van der Waals surface area contributed by atoms with E-state index in [0.717, 1.165) is 12.1 Å².